The zero-order valence-corrected chi connectivity index (χ0v) is 13.9. The van der Waals surface area contributed by atoms with E-state index in [9.17, 15) is 13.2 Å². The normalized spacial score (nSPS) is 24.0. The maximum absolute atomic E-state index is 12.7. The molecule has 0 aromatic carbocycles. The molecule has 0 amide bonds. The first-order valence-corrected chi connectivity index (χ1v) is 8.72. The van der Waals surface area contributed by atoms with E-state index in [0.29, 0.717) is 24.9 Å². The molecule has 0 saturated carbocycles. The lowest BCUT2D eigenvalue weighted by atomic mass is 9.94. The summed E-state index contributed by atoms with van der Waals surface area (Å²) in [5.41, 5.74) is 0. The van der Waals surface area contributed by atoms with Crippen molar-refractivity contribution in [1.82, 2.24) is 8.61 Å². The van der Waals surface area contributed by atoms with Gasteiger partial charge in [0.2, 0.25) is 0 Å². The van der Waals surface area contributed by atoms with Crippen LogP contribution in [0.2, 0.25) is 0 Å². The minimum atomic E-state index is -3.67. The van der Waals surface area contributed by atoms with Gasteiger partial charge in [-0.25, -0.2) is 0 Å². The third kappa shape index (κ3) is 5.09. The minimum Gasteiger partial charge on any atom is -0.465 e. The molecule has 0 aromatic heterocycles. The molecule has 1 aliphatic rings. The Labute approximate surface area is 127 Å². The predicted octanol–water partition coefficient (Wildman–Crippen LogP) is 1.26. The van der Waals surface area contributed by atoms with Crippen molar-refractivity contribution in [3.63, 3.8) is 0 Å². The van der Waals surface area contributed by atoms with Gasteiger partial charge in [-0.15, -0.1) is 6.58 Å². The molecule has 0 spiro atoms. The lowest BCUT2D eigenvalue weighted by Crippen LogP contribution is -2.50. The lowest BCUT2D eigenvalue weighted by Gasteiger charge is -2.36. The van der Waals surface area contributed by atoms with Crippen LogP contribution in [0, 0.1) is 11.8 Å². The second kappa shape index (κ2) is 7.91. The molecule has 1 fully saturated rings. The maximum Gasteiger partial charge on any atom is 0.321 e. The molecular formula is C14H26N2O4S. The summed E-state index contributed by atoms with van der Waals surface area (Å²) in [6, 6.07) is 0. The number of ether oxygens (including phenoxy) is 1. The number of nitrogens with zero attached hydrogens (tertiary/aromatic N) is 2. The van der Waals surface area contributed by atoms with Crippen LogP contribution in [0.5, 0.6) is 0 Å². The maximum atomic E-state index is 12.7. The quantitative estimate of drug-likeness (QED) is 0.523. The van der Waals surface area contributed by atoms with E-state index >= 15 is 0 Å². The molecule has 0 N–H and O–H groups in total. The smallest absolute Gasteiger partial charge is 0.321 e. The van der Waals surface area contributed by atoms with Gasteiger partial charge in [-0.05, 0) is 25.2 Å². The number of rotatable bonds is 7. The Balaban J connectivity index is 2.88. The molecule has 0 aromatic rings. The van der Waals surface area contributed by atoms with Crippen LogP contribution in [0.25, 0.3) is 0 Å². The summed E-state index contributed by atoms with van der Waals surface area (Å²) >= 11 is 0. The first-order chi connectivity index (χ1) is 9.81. The zero-order valence-electron chi connectivity index (χ0n) is 13.1. The summed E-state index contributed by atoms with van der Waals surface area (Å²) in [6.07, 6.45) is 2.50. The van der Waals surface area contributed by atoms with Crippen molar-refractivity contribution in [1.29, 1.82) is 0 Å². The van der Waals surface area contributed by atoms with Gasteiger partial charge in [-0.2, -0.15) is 17.0 Å². The van der Waals surface area contributed by atoms with Crippen LogP contribution < -0.4 is 0 Å². The lowest BCUT2D eigenvalue weighted by molar-refractivity contribution is -0.143. The number of piperidine rings is 1. The van der Waals surface area contributed by atoms with E-state index in [1.807, 2.05) is 13.8 Å². The van der Waals surface area contributed by atoms with E-state index in [2.05, 4.69) is 6.58 Å². The molecule has 6 nitrogen and oxygen atoms in total. The summed E-state index contributed by atoms with van der Waals surface area (Å²) < 4.78 is 32.8. The standard InChI is InChI=1S/C14H26N2O4S/c1-5-7-15(11-14(17)20-6-2)21(18,19)16-9-12(3)8-13(4)10-16/h5,12-13H,1,6-11H2,2-4H3. The second-order valence-electron chi connectivity index (χ2n) is 5.66. The fourth-order valence-electron chi connectivity index (χ4n) is 2.69. The Morgan fingerprint density at radius 1 is 1.38 bits per heavy atom. The summed E-state index contributed by atoms with van der Waals surface area (Å²) in [7, 11) is -3.67. The summed E-state index contributed by atoms with van der Waals surface area (Å²) in [5, 5.41) is 0. The fourth-order valence-corrected chi connectivity index (χ4v) is 4.47. The Morgan fingerprint density at radius 2 is 1.95 bits per heavy atom. The van der Waals surface area contributed by atoms with Crippen molar-refractivity contribution >= 4 is 16.2 Å². The van der Waals surface area contributed by atoms with Crippen molar-refractivity contribution in [3.8, 4) is 0 Å². The van der Waals surface area contributed by atoms with Gasteiger partial charge in [0.1, 0.15) is 6.54 Å². The highest BCUT2D eigenvalue weighted by atomic mass is 32.2. The first kappa shape index (κ1) is 18.1. The molecule has 1 aliphatic heterocycles. The van der Waals surface area contributed by atoms with E-state index in [1.54, 1.807) is 6.92 Å². The SMILES string of the molecule is C=CCN(CC(=O)OCC)S(=O)(=O)N1CC(C)CC(C)C1. The van der Waals surface area contributed by atoms with Crippen LogP contribution in [-0.4, -0.2) is 55.8 Å². The van der Waals surface area contributed by atoms with Crippen molar-refractivity contribution in [3.05, 3.63) is 12.7 Å². The molecule has 0 radical (unpaired) electrons. The summed E-state index contributed by atoms with van der Waals surface area (Å²) in [4.78, 5) is 11.6. The van der Waals surface area contributed by atoms with Gasteiger partial charge in [0.25, 0.3) is 10.2 Å². The van der Waals surface area contributed by atoms with Gasteiger partial charge in [-0.3, -0.25) is 4.79 Å². The molecule has 21 heavy (non-hydrogen) atoms. The molecule has 0 bridgehead atoms. The van der Waals surface area contributed by atoms with E-state index in [-0.39, 0.29) is 19.7 Å². The van der Waals surface area contributed by atoms with Crippen molar-refractivity contribution in [2.75, 3.05) is 32.8 Å². The molecular weight excluding hydrogens is 292 g/mol. The largest absolute Gasteiger partial charge is 0.465 e. The molecule has 7 heteroatoms. The van der Waals surface area contributed by atoms with Crippen LogP contribution in [0.1, 0.15) is 27.2 Å². The molecule has 1 saturated heterocycles. The highest BCUT2D eigenvalue weighted by Crippen LogP contribution is 2.24. The molecule has 1 rings (SSSR count). The monoisotopic (exact) mass is 318 g/mol. The van der Waals surface area contributed by atoms with Crippen molar-refractivity contribution < 1.29 is 17.9 Å². The third-order valence-electron chi connectivity index (χ3n) is 3.43. The van der Waals surface area contributed by atoms with Gasteiger partial charge in [0.15, 0.2) is 0 Å². The number of hydrogen-bond acceptors (Lipinski definition) is 4. The number of carbonyl (C=O) groups is 1. The highest BCUT2D eigenvalue weighted by Gasteiger charge is 2.35. The molecule has 1 heterocycles. The van der Waals surface area contributed by atoms with Crippen LogP contribution in [0.3, 0.4) is 0 Å². The second-order valence-corrected chi connectivity index (χ2v) is 7.59. The number of hydrogen-bond donors (Lipinski definition) is 0. The summed E-state index contributed by atoms with van der Waals surface area (Å²) in [5.74, 6) is 0.0921. The summed E-state index contributed by atoms with van der Waals surface area (Å²) in [6.45, 7) is 10.4. The van der Waals surface area contributed by atoms with Crippen molar-refractivity contribution in [2.45, 2.75) is 27.2 Å². The Morgan fingerprint density at radius 3 is 2.43 bits per heavy atom. The van der Waals surface area contributed by atoms with E-state index < -0.39 is 16.2 Å². The van der Waals surface area contributed by atoms with Gasteiger partial charge in [0.05, 0.1) is 6.61 Å². The fraction of sp³-hybridized carbons (Fsp3) is 0.786. The third-order valence-corrected chi connectivity index (χ3v) is 5.31. The van der Waals surface area contributed by atoms with Crippen molar-refractivity contribution in [2.24, 2.45) is 11.8 Å². The molecule has 0 aliphatic carbocycles. The van der Waals surface area contributed by atoms with Crippen LogP contribution >= 0.6 is 0 Å². The molecule has 122 valence electrons. The zero-order chi connectivity index (χ0) is 16.0. The molecule has 2 unspecified atom stereocenters. The average Bonchev–Trinajstić information content (AvgIpc) is 2.37. The predicted molar refractivity (Wildman–Crippen MR) is 81.8 cm³/mol. The van der Waals surface area contributed by atoms with Gasteiger partial charge in [0, 0.05) is 19.6 Å². The van der Waals surface area contributed by atoms with Crippen LogP contribution in [0.15, 0.2) is 12.7 Å². The highest BCUT2D eigenvalue weighted by molar-refractivity contribution is 7.86. The van der Waals surface area contributed by atoms with Crippen LogP contribution in [0.4, 0.5) is 0 Å². The number of carbonyl (C=O) groups excluding carboxylic acids is 1. The minimum absolute atomic E-state index is 0.0976. The Kier molecular flexibility index (Phi) is 6.83. The van der Waals surface area contributed by atoms with Gasteiger partial charge < -0.3 is 4.74 Å². The van der Waals surface area contributed by atoms with Crippen LogP contribution in [-0.2, 0) is 19.7 Å². The van der Waals surface area contributed by atoms with Gasteiger partial charge >= 0.3 is 5.97 Å². The van der Waals surface area contributed by atoms with E-state index in [1.165, 1.54) is 10.4 Å². The van der Waals surface area contributed by atoms with E-state index in [0.717, 1.165) is 10.7 Å². The molecule has 2 atom stereocenters. The Bertz CT molecular complexity index is 454. The van der Waals surface area contributed by atoms with E-state index in [4.69, 9.17) is 4.74 Å². The topological polar surface area (TPSA) is 66.9 Å². The Hall–Kier alpha value is -0.920. The number of esters is 1. The first-order valence-electron chi connectivity index (χ1n) is 7.33. The average molecular weight is 318 g/mol. The van der Waals surface area contributed by atoms with Gasteiger partial charge in [-0.1, -0.05) is 19.9 Å².